The van der Waals surface area contributed by atoms with Crippen molar-refractivity contribution in [1.29, 1.82) is 0 Å². The molecular weight excluding hydrogens is 300 g/mol. The van der Waals surface area contributed by atoms with E-state index in [0.717, 1.165) is 25.1 Å². The minimum absolute atomic E-state index is 0.0596. The van der Waals surface area contributed by atoms with E-state index in [4.69, 9.17) is 4.74 Å². The van der Waals surface area contributed by atoms with Gasteiger partial charge in [-0.15, -0.1) is 0 Å². The van der Waals surface area contributed by atoms with Crippen molar-refractivity contribution in [3.63, 3.8) is 0 Å². The molecule has 0 radical (unpaired) electrons. The van der Waals surface area contributed by atoms with Gasteiger partial charge in [0, 0.05) is 37.5 Å². The molecule has 4 heteroatoms. The summed E-state index contributed by atoms with van der Waals surface area (Å²) in [6, 6.07) is 14.0. The number of rotatable bonds is 6. The molecule has 24 heavy (non-hydrogen) atoms. The van der Waals surface area contributed by atoms with Gasteiger partial charge in [0.25, 0.3) is 0 Å². The van der Waals surface area contributed by atoms with Crippen LogP contribution >= 0.6 is 0 Å². The molecule has 0 bridgehead atoms. The molecule has 124 valence electrons. The Balaban J connectivity index is 1.41. The lowest BCUT2D eigenvalue weighted by atomic mass is 10.1. The van der Waals surface area contributed by atoms with Crippen LogP contribution in [0.3, 0.4) is 0 Å². The summed E-state index contributed by atoms with van der Waals surface area (Å²) in [5, 5.41) is 0. The van der Waals surface area contributed by atoms with Gasteiger partial charge < -0.3 is 9.64 Å². The van der Waals surface area contributed by atoms with Gasteiger partial charge in [-0.1, -0.05) is 36.4 Å². The van der Waals surface area contributed by atoms with Gasteiger partial charge in [-0.05, 0) is 29.7 Å². The van der Waals surface area contributed by atoms with Crippen molar-refractivity contribution < 1.29 is 9.53 Å². The number of hydrogen-bond donors (Lipinski definition) is 0. The second-order valence-corrected chi connectivity index (χ2v) is 6.06. The first kappa shape index (κ1) is 16.4. The third-order valence-corrected chi connectivity index (χ3v) is 4.17. The molecule has 1 saturated heterocycles. The molecule has 4 nitrogen and oxygen atoms in total. The quantitative estimate of drug-likeness (QED) is 0.767. The third kappa shape index (κ3) is 4.77. The summed E-state index contributed by atoms with van der Waals surface area (Å²) in [6.45, 7) is 2.90. The lowest BCUT2D eigenvalue weighted by molar-refractivity contribution is -0.125. The first-order valence-corrected chi connectivity index (χ1v) is 8.30. The van der Waals surface area contributed by atoms with Crippen molar-refractivity contribution in [2.45, 2.75) is 13.0 Å². The Morgan fingerprint density at radius 2 is 2.12 bits per heavy atom. The van der Waals surface area contributed by atoms with E-state index in [1.165, 1.54) is 5.56 Å². The predicted molar refractivity (Wildman–Crippen MR) is 94.1 cm³/mol. The molecule has 2 heterocycles. The maximum Gasteiger partial charge on any atom is 0.246 e. The van der Waals surface area contributed by atoms with Gasteiger partial charge in [0.05, 0.1) is 13.2 Å². The van der Waals surface area contributed by atoms with Crippen molar-refractivity contribution in [3.8, 4) is 0 Å². The summed E-state index contributed by atoms with van der Waals surface area (Å²) in [5.41, 5.74) is 2.12. The van der Waals surface area contributed by atoms with Crippen molar-refractivity contribution in [3.05, 3.63) is 72.1 Å². The van der Waals surface area contributed by atoms with Gasteiger partial charge in [-0.2, -0.15) is 0 Å². The Morgan fingerprint density at radius 1 is 1.25 bits per heavy atom. The van der Waals surface area contributed by atoms with Crippen molar-refractivity contribution >= 4 is 12.0 Å². The topological polar surface area (TPSA) is 42.4 Å². The number of amides is 1. The summed E-state index contributed by atoms with van der Waals surface area (Å²) in [4.78, 5) is 18.2. The molecule has 0 aliphatic carbocycles. The van der Waals surface area contributed by atoms with Crippen LogP contribution in [0.2, 0.25) is 0 Å². The van der Waals surface area contributed by atoms with Gasteiger partial charge in [-0.3, -0.25) is 9.78 Å². The Hall–Kier alpha value is -2.46. The smallest absolute Gasteiger partial charge is 0.246 e. The zero-order chi connectivity index (χ0) is 16.6. The fourth-order valence-electron chi connectivity index (χ4n) is 2.83. The average molecular weight is 322 g/mol. The minimum Gasteiger partial charge on any atom is -0.376 e. The maximum absolute atomic E-state index is 12.2. The van der Waals surface area contributed by atoms with Crippen LogP contribution in [0.1, 0.15) is 17.5 Å². The number of aromatic nitrogens is 1. The predicted octanol–water partition coefficient (Wildman–Crippen LogP) is 3.16. The Labute approximate surface area is 142 Å². The lowest BCUT2D eigenvalue weighted by Gasteiger charge is -2.14. The molecule has 1 aliphatic heterocycles. The van der Waals surface area contributed by atoms with Crippen LogP contribution in [0.4, 0.5) is 0 Å². The fourth-order valence-corrected chi connectivity index (χ4v) is 2.83. The summed E-state index contributed by atoms with van der Waals surface area (Å²) in [5.74, 6) is 0.480. The molecule has 0 spiro atoms. The number of likely N-dealkylation sites (tertiary alicyclic amines) is 1. The van der Waals surface area contributed by atoms with Crippen LogP contribution in [0, 0.1) is 5.92 Å². The highest BCUT2D eigenvalue weighted by atomic mass is 16.5. The Bertz CT molecular complexity index is 671. The van der Waals surface area contributed by atoms with E-state index in [1.54, 1.807) is 18.5 Å². The van der Waals surface area contributed by atoms with Gasteiger partial charge in [-0.25, -0.2) is 0 Å². The van der Waals surface area contributed by atoms with Crippen LogP contribution in [-0.4, -0.2) is 35.5 Å². The van der Waals surface area contributed by atoms with E-state index in [-0.39, 0.29) is 5.91 Å². The lowest BCUT2D eigenvalue weighted by Crippen LogP contribution is -2.27. The number of carbonyl (C=O) groups excluding carboxylic acids is 1. The van der Waals surface area contributed by atoms with E-state index in [1.807, 2.05) is 41.3 Å². The molecule has 0 unspecified atom stereocenters. The molecule has 1 aromatic heterocycles. The summed E-state index contributed by atoms with van der Waals surface area (Å²) in [7, 11) is 0. The van der Waals surface area contributed by atoms with E-state index in [2.05, 4.69) is 17.1 Å². The van der Waals surface area contributed by atoms with Crippen molar-refractivity contribution in [1.82, 2.24) is 9.88 Å². The number of ether oxygens (including phenoxy) is 1. The monoisotopic (exact) mass is 322 g/mol. The number of hydrogen-bond acceptors (Lipinski definition) is 3. The average Bonchev–Trinajstić information content (AvgIpc) is 3.10. The largest absolute Gasteiger partial charge is 0.376 e. The molecule has 1 fully saturated rings. The molecule has 1 aliphatic rings. The summed E-state index contributed by atoms with van der Waals surface area (Å²) >= 11 is 0. The molecule has 0 N–H and O–H groups in total. The molecule has 3 rings (SSSR count). The molecule has 1 amide bonds. The standard InChI is InChI=1S/C20H22N2O2/c23-20(9-8-17-7-4-11-21-13-17)22-12-10-19(14-22)16-24-15-18-5-2-1-3-6-18/h1-9,11,13,19H,10,12,14-16H2/b9-8+/t19-/m0/s1. The zero-order valence-electron chi connectivity index (χ0n) is 13.7. The van der Waals surface area contributed by atoms with E-state index in [9.17, 15) is 4.79 Å². The fraction of sp³-hybridized carbons (Fsp3) is 0.300. The van der Waals surface area contributed by atoms with Gasteiger partial charge >= 0.3 is 0 Å². The highest BCUT2D eigenvalue weighted by molar-refractivity contribution is 5.91. The molecule has 1 aromatic carbocycles. The second kappa shape index (κ2) is 8.41. The normalized spacial score (nSPS) is 17.5. The van der Waals surface area contributed by atoms with Gasteiger partial charge in [0.1, 0.15) is 0 Å². The summed E-state index contributed by atoms with van der Waals surface area (Å²) in [6.07, 6.45) is 7.91. The van der Waals surface area contributed by atoms with E-state index < -0.39 is 0 Å². The van der Waals surface area contributed by atoms with Gasteiger partial charge in [0.2, 0.25) is 5.91 Å². The van der Waals surface area contributed by atoms with Gasteiger partial charge in [0.15, 0.2) is 0 Å². The van der Waals surface area contributed by atoms with E-state index >= 15 is 0 Å². The summed E-state index contributed by atoms with van der Waals surface area (Å²) < 4.78 is 5.80. The van der Waals surface area contributed by atoms with Crippen LogP contribution < -0.4 is 0 Å². The molecule has 0 saturated carbocycles. The van der Waals surface area contributed by atoms with Crippen LogP contribution in [0.15, 0.2) is 60.9 Å². The maximum atomic E-state index is 12.2. The van der Waals surface area contributed by atoms with Crippen molar-refractivity contribution in [2.75, 3.05) is 19.7 Å². The van der Waals surface area contributed by atoms with Crippen LogP contribution in [-0.2, 0) is 16.1 Å². The van der Waals surface area contributed by atoms with Crippen LogP contribution in [0.25, 0.3) is 6.08 Å². The SMILES string of the molecule is O=C(/C=C/c1cccnc1)N1CC[C@H](COCc2ccccc2)C1. The number of nitrogens with zero attached hydrogens (tertiary/aromatic N) is 2. The van der Waals surface area contributed by atoms with Crippen LogP contribution in [0.5, 0.6) is 0 Å². The highest BCUT2D eigenvalue weighted by Crippen LogP contribution is 2.18. The molecular formula is C20H22N2O2. The highest BCUT2D eigenvalue weighted by Gasteiger charge is 2.25. The number of pyridine rings is 1. The first-order chi connectivity index (χ1) is 11.8. The Kier molecular flexibility index (Phi) is 5.75. The molecule has 1 atom stereocenters. The second-order valence-electron chi connectivity index (χ2n) is 6.06. The number of benzene rings is 1. The van der Waals surface area contributed by atoms with Crippen molar-refractivity contribution in [2.24, 2.45) is 5.92 Å². The number of carbonyl (C=O) groups is 1. The third-order valence-electron chi connectivity index (χ3n) is 4.17. The Morgan fingerprint density at radius 3 is 2.92 bits per heavy atom. The molecule has 2 aromatic rings. The zero-order valence-corrected chi connectivity index (χ0v) is 13.7. The van der Waals surface area contributed by atoms with E-state index in [0.29, 0.717) is 19.1 Å². The minimum atomic E-state index is 0.0596. The first-order valence-electron chi connectivity index (χ1n) is 8.30.